The Morgan fingerprint density at radius 1 is 1.31 bits per heavy atom. The van der Waals surface area contributed by atoms with Crippen molar-refractivity contribution in [3.8, 4) is 5.75 Å². The van der Waals surface area contributed by atoms with E-state index in [1.54, 1.807) is 51.4 Å². The first-order valence-electron chi connectivity index (χ1n) is 11.9. The third-order valence-corrected chi connectivity index (χ3v) is 7.53. The number of hydrogen-bond acceptors (Lipinski definition) is 11. The van der Waals surface area contributed by atoms with Crippen LogP contribution in [0.2, 0.25) is 0 Å². The van der Waals surface area contributed by atoms with Crippen molar-refractivity contribution in [2.24, 2.45) is 21.6 Å². The molecule has 0 spiro atoms. The van der Waals surface area contributed by atoms with E-state index in [-0.39, 0.29) is 30.6 Å². The second-order valence-electron chi connectivity index (χ2n) is 9.20. The summed E-state index contributed by atoms with van der Waals surface area (Å²) in [6.07, 6.45) is 4.67. The summed E-state index contributed by atoms with van der Waals surface area (Å²) in [5, 5.41) is 15.6. The Hall–Kier alpha value is -2.92. The summed E-state index contributed by atoms with van der Waals surface area (Å²) >= 11 is 0. The lowest BCUT2D eigenvalue weighted by Crippen LogP contribution is -2.57. The SMILES string of the molecule is CC(C)OC(=O)[C@H](C)NP(=O)(OCC1C=CC(N2C=NC3C(O)NC(N)=NC32)C1)Oc1ccccc1. The van der Waals surface area contributed by atoms with Crippen molar-refractivity contribution < 1.29 is 28.3 Å². The maximum atomic E-state index is 13.7. The molecular formula is C23H33N6O6P. The molecule has 4 rings (SSSR count). The lowest BCUT2D eigenvalue weighted by molar-refractivity contribution is -0.149. The summed E-state index contributed by atoms with van der Waals surface area (Å²) < 4.78 is 30.4. The minimum absolute atomic E-state index is 0.0541. The summed E-state index contributed by atoms with van der Waals surface area (Å²) in [5.74, 6) is -0.130. The number of guanidine groups is 1. The number of para-hydroxylation sites is 1. The molecule has 36 heavy (non-hydrogen) atoms. The number of aliphatic hydroxyl groups excluding tert-OH is 1. The molecule has 2 aliphatic heterocycles. The number of ether oxygens (including phenoxy) is 1. The first-order valence-corrected chi connectivity index (χ1v) is 13.4. The summed E-state index contributed by atoms with van der Waals surface area (Å²) in [6, 6.07) is 7.20. The minimum atomic E-state index is -3.94. The van der Waals surface area contributed by atoms with Crippen molar-refractivity contribution in [1.29, 1.82) is 0 Å². The number of esters is 1. The highest BCUT2D eigenvalue weighted by Crippen LogP contribution is 2.46. The zero-order valence-corrected chi connectivity index (χ0v) is 21.3. The van der Waals surface area contributed by atoms with Gasteiger partial charge < -0.3 is 30.3 Å². The highest BCUT2D eigenvalue weighted by Gasteiger charge is 2.42. The third kappa shape index (κ3) is 6.25. The van der Waals surface area contributed by atoms with E-state index < -0.39 is 38.2 Å². The topological polar surface area (TPSA) is 160 Å². The summed E-state index contributed by atoms with van der Waals surface area (Å²) in [5.41, 5.74) is 5.79. The van der Waals surface area contributed by atoms with Gasteiger partial charge in [0.25, 0.3) is 0 Å². The second kappa shape index (κ2) is 11.0. The van der Waals surface area contributed by atoms with Crippen LogP contribution in [0.25, 0.3) is 0 Å². The Kier molecular flexibility index (Phi) is 7.99. The Bertz CT molecular complexity index is 1070. The van der Waals surface area contributed by atoms with Crippen molar-refractivity contribution in [3.05, 3.63) is 42.5 Å². The van der Waals surface area contributed by atoms with E-state index >= 15 is 0 Å². The predicted octanol–water partition coefficient (Wildman–Crippen LogP) is 1.34. The molecule has 1 aromatic carbocycles. The lowest BCUT2D eigenvalue weighted by atomic mass is 10.1. The third-order valence-electron chi connectivity index (χ3n) is 5.89. The normalized spacial score (nSPS) is 29.3. The number of benzene rings is 1. The molecule has 3 aliphatic rings. The van der Waals surface area contributed by atoms with E-state index in [1.165, 1.54) is 0 Å². The van der Waals surface area contributed by atoms with Crippen LogP contribution in [0.4, 0.5) is 0 Å². The van der Waals surface area contributed by atoms with Gasteiger partial charge in [-0.25, -0.2) is 9.56 Å². The Morgan fingerprint density at radius 3 is 2.78 bits per heavy atom. The molecule has 1 aromatic rings. The molecule has 6 unspecified atom stereocenters. The van der Waals surface area contributed by atoms with Crippen LogP contribution in [0.15, 0.2) is 52.5 Å². The fraction of sp³-hybridized carbons (Fsp3) is 0.522. The van der Waals surface area contributed by atoms with Gasteiger partial charge in [0.15, 0.2) is 18.4 Å². The molecule has 0 radical (unpaired) electrons. The minimum Gasteiger partial charge on any atom is -0.462 e. The molecule has 2 heterocycles. The van der Waals surface area contributed by atoms with Crippen molar-refractivity contribution in [2.45, 2.75) is 63.8 Å². The van der Waals surface area contributed by atoms with Gasteiger partial charge in [-0.15, -0.1) is 0 Å². The maximum absolute atomic E-state index is 13.7. The quantitative estimate of drug-likeness (QED) is 0.201. The van der Waals surface area contributed by atoms with Crippen LogP contribution in [0, 0.1) is 5.92 Å². The number of nitrogens with zero attached hydrogens (tertiary/aromatic N) is 3. The van der Waals surface area contributed by atoms with Crippen LogP contribution in [0.5, 0.6) is 5.75 Å². The van der Waals surface area contributed by atoms with Crippen molar-refractivity contribution >= 4 is 26.0 Å². The number of aliphatic imine (C=N–C) groups is 2. The van der Waals surface area contributed by atoms with Gasteiger partial charge in [0.05, 0.1) is 25.1 Å². The number of hydrogen-bond donors (Lipinski definition) is 4. The molecule has 12 nitrogen and oxygen atoms in total. The van der Waals surface area contributed by atoms with Crippen LogP contribution >= 0.6 is 7.75 Å². The fourth-order valence-corrected chi connectivity index (χ4v) is 5.73. The number of aliphatic hydroxyl groups is 1. The average molecular weight is 521 g/mol. The number of rotatable bonds is 10. The Labute approximate surface area is 210 Å². The molecule has 13 heteroatoms. The van der Waals surface area contributed by atoms with Gasteiger partial charge in [-0.05, 0) is 39.3 Å². The number of carbonyl (C=O) groups is 1. The van der Waals surface area contributed by atoms with E-state index in [9.17, 15) is 14.5 Å². The molecule has 0 fully saturated rings. The van der Waals surface area contributed by atoms with Crippen LogP contribution in [0.1, 0.15) is 27.2 Å². The van der Waals surface area contributed by atoms with Gasteiger partial charge in [-0.2, -0.15) is 5.09 Å². The average Bonchev–Trinajstić information content (AvgIpc) is 3.45. The van der Waals surface area contributed by atoms with Crippen molar-refractivity contribution in [2.75, 3.05) is 6.61 Å². The molecule has 5 N–H and O–H groups in total. The second-order valence-corrected chi connectivity index (χ2v) is 10.9. The highest BCUT2D eigenvalue weighted by molar-refractivity contribution is 7.52. The van der Waals surface area contributed by atoms with E-state index in [0.717, 1.165) is 0 Å². The Morgan fingerprint density at radius 2 is 2.06 bits per heavy atom. The summed E-state index contributed by atoms with van der Waals surface area (Å²) in [6.45, 7) is 5.11. The predicted molar refractivity (Wildman–Crippen MR) is 134 cm³/mol. The van der Waals surface area contributed by atoms with Gasteiger partial charge in [-0.3, -0.25) is 14.3 Å². The van der Waals surface area contributed by atoms with Crippen molar-refractivity contribution in [3.63, 3.8) is 0 Å². The molecule has 0 bridgehead atoms. The van der Waals surface area contributed by atoms with Gasteiger partial charge in [0.2, 0.25) is 0 Å². The Balaban J connectivity index is 1.39. The highest BCUT2D eigenvalue weighted by atomic mass is 31.2. The zero-order valence-electron chi connectivity index (χ0n) is 20.4. The first-order chi connectivity index (χ1) is 17.1. The maximum Gasteiger partial charge on any atom is 0.459 e. The largest absolute Gasteiger partial charge is 0.462 e. The molecule has 196 valence electrons. The molecular weight excluding hydrogens is 487 g/mol. The zero-order chi connectivity index (χ0) is 25.9. The fourth-order valence-electron chi connectivity index (χ4n) is 4.19. The molecule has 1 aliphatic carbocycles. The van der Waals surface area contributed by atoms with E-state index in [0.29, 0.717) is 12.2 Å². The number of fused-ring (bicyclic) bond motifs is 1. The van der Waals surface area contributed by atoms with Crippen molar-refractivity contribution in [1.82, 2.24) is 15.3 Å². The van der Waals surface area contributed by atoms with E-state index in [2.05, 4.69) is 20.4 Å². The van der Waals surface area contributed by atoms with Crippen LogP contribution < -0.4 is 20.7 Å². The van der Waals surface area contributed by atoms with Crippen LogP contribution in [-0.4, -0.2) is 71.5 Å². The number of nitrogens with two attached hydrogens (primary N) is 1. The van der Waals surface area contributed by atoms with Gasteiger partial charge in [0, 0.05) is 5.92 Å². The van der Waals surface area contributed by atoms with E-state index in [4.69, 9.17) is 19.5 Å². The molecule has 7 atom stereocenters. The van der Waals surface area contributed by atoms with Gasteiger partial charge in [-0.1, -0.05) is 30.4 Å². The summed E-state index contributed by atoms with van der Waals surface area (Å²) in [7, 11) is -3.94. The smallest absolute Gasteiger partial charge is 0.459 e. The molecule has 0 saturated carbocycles. The molecule has 0 amide bonds. The number of carbonyl (C=O) groups excluding carboxylic acids is 1. The molecule has 0 aromatic heterocycles. The van der Waals surface area contributed by atoms with Crippen LogP contribution in [-0.2, 0) is 18.6 Å². The van der Waals surface area contributed by atoms with Gasteiger partial charge >= 0.3 is 13.7 Å². The lowest BCUT2D eigenvalue weighted by Gasteiger charge is -2.34. The summed E-state index contributed by atoms with van der Waals surface area (Å²) in [4.78, 5) is 23.0. The van der Waals surface area contributed by atoms with Gasteiger partial charge in [0.1, 0.15) is 17.8 Å². The van der Waals surface area contributed by atoms with E-state index in [1.807, 2.05) is 23.1 Å². The van der Waals surface area contributed by atoms with Crippen LogP contribution in [0.3, 0.4) is 0 Å². The standard InChI is InChI=1S/C23H33N6O6P/c1-14(2)34-22(31)15(3)28-36(32,35-18-7-5-4-6-8-18)33-12-16-9-10-17(11-16)29-13-25-19-20(29)26-23(24)27-21(19)30/h4-10,13-17,19-21,30H,11-12H2,1-3H3,(H,28,32)(H3,24,26,27)/t15-,16?,17?,19?,20?,21?,36?/m0/s1. The first kappa shape index (κ1) is 26.2. The monoisotopic (exact) mass is 520 g/mol. The molecule has 0 saturated heterocycles. The number of nitrogens with one attached hydrogen (secondary N) is 2.